The van der Waals surface area contributed by atoms with E-state index in [1.807, 2.05) is 35.7 Å². The monoisotopic (exact) mass is 501 g/mol. The molecule has 8 nitrogen and oxygen atoms in total. The van der Waals surface area contributed by atoms with Gasteiger partial charge in [0.25, 0.3) is 10.0 Å². The molecule has 0 amide bonds. The number of nitrogens with one attached hydrogen (secondary N) is 1. The Hall–Kier alpha value is -3.89. The Kier molecular flexibility index (Phi) is 5.19. The predicted molar refractivity (Wildman–Crippen MR) is 134 cm³/mol. The zero-order chi connectivity index (χ0) is 24.0. The van der Waals surface area contributed by atoms with Crippen LogP contribution in [0.3, 0.4) is 0 Å². The van der Waals surface area contributed by atoms with Crippen molar-refractivity contribution in [2.45, 2.75) is 24.2 Å². The van der Waals surface area contributed by atoms with Crippen molar-refractivity contribution in [1.82, 2.24) is 19.8 Å². The highest BCUT2D eigenvalue weighted by atomic mass is 32.2. The smallest absolute Gasteiger partial charge is 0.261 e. The van der Waals surface area contributed by atoms with Crippen molar-refractivity contribution < 1.29 is 13.2 Å². The van der Waals surface area contributed by atoms with Crippen molar-refractivity contribution in [2.75, 3.05) is 4.72 Å². The van der Waals surface area contributed by atoms with Gasteiger partial charge in [-0.15, -0.1) is 21.5 Å². The molecule has 0 aliphatic heterocycles. The Balaban J connectivity index is 1.32. The second-order valence-electron chi connectivity index (χ2n) is 8.27. The van der Waals surface area contributed by atoms with Crippen molar-refractivity contribution >= 4 is 38.5 Å². The van der Waals surface area contributed by atoms with Crippen LogP contribution in [0.4, 0.5) is 5.69 Å². The molecule has 0 saturated heterocycles. The van der Waals surface area contributed by atoms with E-state index in [9.17, 15) is 13.2 Å². The Morgan fingerprint density at radius 1 is 0.943 bits per heavy atom. The number of anilines is 1. The van der Waals surface area contributed by atoms with Crippen molar-refractivity contribution in [3.05, 3.63) is 83.2 Å². The molecule has 10 heteroatoms. The number of aryl methyl sites for hydroxylation is 1. The molecule has 6 rings (SSSR count). The lowest BCUT2D eigenvalue weighted by atomic mass is 9.91. The van der Waals surface area contributed by atoms with Crippen LogP contribution >= 0.6 is 11.3 Å². The Bertz CT molecular complexity index is 1690. The molecule has 0 saturated carbocycles. The quantitative estimate of drug-likeness (QED) is 0.369. The third-order valence-corrected chi connectivity index (χ3v) is 8.20. The van der Waals surface area contributed by atoms with Gasteiger partial charge in [0.1, 0.15) is 0 Å². The average molecular weight is 502 g/mol. The lowest BCUT2D eigenvalue weighted by molar-refractivity contribution is 0.0972. The summed E-state index contributed by atoms with van der Waals surface area (Å²) in [5.41, 5.74) is 3.81. The standard InChI is InChI=1S/C25H19N5O3S2/c31-22-7-2-4-16-9-10-19(15-20(16)22)35(32,33)29-18-6-1-5-17(14-18)21-11-12-24-26-27-25(30(24)28-21)23-8-3-13-34-23/h1,3,5-6,8-15,29H,2,4,7H2. The number of carbonyl (C=O) groups is 1. The fraction of sp³-hybridized carbons (Fsp3) is 0.120. The zero-order valence-corrected chi connectivity index (χ0v) is 20.0. The van der Waals surface area contributed by atoms with Crippen molar-refractivity contribution in [3.8, 4) is 22.0 Å². The first-order chi connectivity index (χ1) is 17.0. The Labute approximate surface area is 205 Å². The summed E-state index contributed by atoms with van der Waals surface area (Å²) in [6.07, 6.45) is 2.03. The first kappa shape index (κ1) is 21.6. The molecule has 1 N–H and O–H groups in total. The highest BCUT2D eigenvalue weighted by Crippen LogP contribution is 2.28. The second-order valence-corrected chi connectivity index (χ2v) is 10.9. The number of aromatic nitrogens is 4. The van der Waals surface area contributed by atoms with Crippen LogP contribution in [0.25, 0.3) is 27.6 Å². The minimum Gasteiger partial charge on any atom is -0.294 e. The topological polar surface area (TPSA) is 106 Å². The summed E-state index contributed by atoms with van der Waals surface area (Å²) in [4.78, 5) is 13.3. The summed E-state index contributed by atoms with van der Waals surface area (Å²) >= 11 is 1.55. The van der Waals surface area contributed by atoms with E-state index in [0.29, 0.717) is 34.8 Å². The van der Waals surface area contributed by atoms with Crippen molar-refractivity contribution in [2.24, 2.45) is 0 Å². The van der Waals surface area contributed by atoms with Gasteiger partial charge in [-0.3, -0.25) is 9.52 Å². The zero-order valence-electron chi connectivity index (χ0n) is 18.4. The number of benzene rings is 2. The molecular weight excluding hydrogens is 482 g/mol. The van der Waals surface area contributed by atoms with E-state index in [2.05, 4.69) is 14.9 Å². The van der Waals surface area contributed by atoms with Crippen LogP contribution in [0, 0.1) is 0 Å². The molecule has 0 atom stereocenters. The van der Waals surface area contributed by atoms with Gasteiger partial charge >= 0.3 is 0 Å². The average Bonchev–Trinajstić information content (AvgIpc) is 3.53. The lowest BCUT2D eigenvalue weighted by Gasteiger charge is -2.16. The molecular formula is C25H19N5O3S2. The molecule has 0 radical (unpaired) electrons. The van der Waals surface area contributed by atoms with Crippen LogP contribution in [0.2, 0.25) is 0 Å². The first-order valence-corrected chi connectivity index (χ1v) is 13.4. The summed E-state index contributed by atoms with van der Waals surface area (Å²) in [6, 6.07) is 19.4. The van der Waals surface area contributed by atoms with E-state index in [1.54, 1.807) is 46.2 Å². The van der Waals surface area contributed by atoms with Crippen LogP contribution in [0.15, 0.2) is 77.0 Å². The third kappa shape index (κ3) is 4.00. The maximum Gasteiger partial charge on any atom is 0.261 e. The van der Waals surface area contributed by atoms with Gasteiger partial charge in [0.15, 0.2) is 17.3 Å². The van der Waals surface area contributed by atoms with Gasteiger partial charge in [-0.25, -0.2) is 8.42 Å². The number of rotatable bonds is 5. The largest absolute Gasteiger partial charge is 0.294 e. The van der Waals surface area contributed by atoms with Crippen LogP contribution in [-0.2, 0) is 16.4 Å². The lowest BCUT2D eigenvalue weighted by Crippen LogP contribution is -2.16. The van der Waals surface area contributed by atoms with Crippen LogP contribution in [0.5, 0.6) is 0 Å². The normalized spacial score (nSPS) is 13.7. The molecule has 3 heterocycles. The first-order valence-electron chi connectivity index (χ1n) is 11.0. The van der Waals surface area contributed by atoms with Crippen LogP contribution in [-0.4, -0.2) is 34.0 Å². The number of carbonyl (C=O) groups excluding carboxylic acids is 1. The summed E-state index contributed by atoms with van der Waals surface area (Å²) < 4.78 is 30.5. The molecule has 174 valence electrons. The SMILES string of the molecule is O=C1CCCc2ccc(S(=O)(=O)Nc3cccc(-c4ccc5nnc(-c6cccs6)n5n4)c3)cc21. The molecule has 0 unspecified atom stereocenters. The maximum atomic E-state index is 13.1. The number of hydrogen-bond acceptors (Lipinski definition) is 7. The summed E-state index contributed by atoms with van der Waals surface area (Å²) in [5.74, 6) is 0.637. The van der Waals surface area contributed by atoms with E-state index >= 15 is 0 Å². The number of hydrogen-bond donors (Lipinski definition) is 1. The van der Waals surface area contributed by atoms with Crippen molar-refractivity contribution in [3.63, 3.8) is 0 Å². The maximum absolute atomic E-state index is 13.1. The minimum atomic E-state index is -3.88. The number of fused-ring (bicyclic) bond motifs is 2. The predicted octanol–water partition coefficient (Wildman–Crippen LogP) is 4.84. The van der Waals surface area contributed by atoms with Gasteiger partial charge < -0.3 is 0 Å². The van der Waals surface area contributed by atoms with Gasteiger partial charge in [0.2, 0.25) is 0 Å². The van der Waals surface area contributed by atoms with Gasteiger partial charge in [-0.1, -0.05) is 24.3 Å². The number of Topliss-reactive ketones (excluding diaryl/α,β-unsaturated/α-hetero) is 1. The van der Waals surface area contributed by atoms with Gasteiger partial charge in [-0.05, 0) is 66.2 Å². The molecule has 1 aliphatic carbocycles. The number of nitrogens with zero attached hydrogens (tertiary/aromatic N) is 4. The summed E-state index contributed by atoms with van der Waals surface area (Å²) in [7, 11) is -3.88. The summed E-state index contributed by atoms with van der Waals surface area (Å²) in [6.45, 7) is 0. The molecule has 2 aromatic carbocycles. The molecule has 5 aromatic rings. The number of ketones is 1. The second kappa shape index (κ2) is 8.40. The number of sulfonamides is 1. The fourth-order valence-corrected chi connectivity index (χ4v) is 6.00. The molecule has 0 fully saturated rings. The van der Waals surface area contributed by atoms with Gasteiger partial charge in [-0.2, -0.15) is 9.61 Å². The number of thiophene rings is 1. The molecule has 35 heavy (non-hydrogen) atoms. The van der Waals surface area contributed by atoms with E-state index in [0.717, 1.165) is 28.8 Å². The summed E-state index contributed by atoms with van der Waals surface area (Å²) in [5, 5.41) is 15.1. The Morgan fingerprint density at radius 2 is 1.86 bits per heavy atom. The van der Waals surface area contributed by atoms with Gasteiger partial charge in [0, 0.05) is 23.2 Å². The van der Waals surface area contributed by atoms with Gasteiger partial charge in [0.05, 0.1) is 15.5 Å². The fourth-order valence-electron chi connectivity index (χ4n) is 4.23. The Morgan fingerprint density at radius 3 is 2.71 bits per heavy atom. The molecule has 0 bridgehead atoms. The molecule has 3 aromatic heterocycles. The molecule has 1 aliphatic rings. The van der Waals surface area contributed by atoms with Crippen LogP contribution < -0.4 is 4.72 Å². The minimum absolute atomic E-state index is 0.0114. The van der Waals surface area contributed by atoms with E-state index in [1.165, 1.54) is 6.07 Å². The highest BCUT2D eigenvalue weighted by Gasteiger charge is 2.22. The molecule has 0 spiro atoms. The van der Waals surface area contributed by atoms with E-state index in [-0.39, 0.29) is 10.7 Å². The van der Waals surface area contributed by atoms with Crippen molar-refractivity contribution in [1.29, 1.82) is 0 Å². The van der Waals surface area contributed by atoms with E-state index in [4.69, 9.17) is 5.10 Å². The highest BCUT2D eigenvalue weighted by molar-refractivity contribution is 7.92. The third-order valence-electron chi connectivity index (χ3n) is 5.96. The van der Waals surface area contributed by atoms with Crippen LogP contribution in [0.1, 0.15) is 28.8 Å². The van der Waals surface area contributed by atoms with E-state index < -0.39 is 10.0 Å².